The summed E-state index contributed by atoms with van der Waals surface area (Å²) >= 11 is 0. The number of rotatable bonds is 6. The summed E-state index contributed by atoms with van der Waals surface area (Å²) in [6, 6.07) is 68.3. The first-order valence-corrected chi connectivity index (χ1v) is 18.9. The van der Waals surface area contributed by atoms with E-state index in [9.17, 15) is 0 Å². The van der Waals surface area contributed by atoms with Crippen LogP contribution in [0.1, 0.15) is 0 Å². The first kappa shape index (κ1) is 31.9. The molecule has 5 nitrogen and oxygen atoms in total. The molecule has 0 spiro atoms. The van der Waals surface area contributed by atoms with Gasteiger partial charge in [0.15, 0.2) is 17.5 Å². The van der Waals surface area contributed by atoms with Crippen LogP contribution in [0.4, 0.5) is 0 Å². The summed E-state index contributed by atoms with van der Waals surface area (Å²) < 4.78 is 4.67. The van der Waals surface area contributed by atoms with Crippen LogP contribution in [0.15, 0.2) is 200 Å². The molecule has 0 radical (unpaired) electrons. The molecule has 3 heterocycles. The molecule has 0 atom stereocenters. The lowest BCUT2D eigenvalue weighted by Crippen LogP contribution is -2.01. The Hall–Kier alpha value is -7.63. The Bertz CT molecular complexity index is 3160. The molecule has 11 aromatic rings. The average molecular weight is 716 g/mol. The second-order valence-electron chi connectivity index (χ2n) is 14.1. The van der Waals surface area contributed by atoms with Crippen molar-refractivity contribution in [2.45, 2.75) is 0 Å². The average Bonchev–Trinajstić information content (AvgIpc) is 3.86. The first-order valence-electron chi connectivity index (χ1n) is 18.9. The van der Waals surface area contributed by atoms with Crippen molar-refractivity contribution in [2.75, 3.05) is 0 Å². The number of hydrogen-bond acceptors (Lipinski definition) is 3. The zero-order chi connectivity index (χ0) is 37.0. The summed E-state index contributed by atoms with van der Waals surface area (Å²) in [4.78, 5) is 15.3. The maximum Gasteiger partial charge on any atom is 0.164 e. The predicted molar refractivity (Wildman–Crippen MR) is 230 cm³/mol. The molecule has 0 aliphatic carbocycles. The van der Waals surface area contributed by atoms with Gasteiger partial charge in [0.1, 0.15) is 0 Å². The fraction of sp³-hybridized carbons (Fsp3) is 0. The lowest BCUT2D eigenvalue weighted by Gasteiger charge is -2.15. The Labute approximate surface area is 323 Å². The standard InChI is InChI=1S/C51H33N5/c1-5-15-34(16-6-1)38-29-39(51-53-49(35-17-7-2-8-18-35)52-50(54-51)36-19-9-3-10-20-36)31-41(30-38)56-47-24-14-13-23-42(47)45-33-44-37(32-48(45)56)25-26-46-43(44)27-28-55(46)40-21-11-4-12-22-40/h1-33H. The number of para-hydroxylation sites is 2. The molecule has 0 aliphatic heterocycles. The Morgan fingerprint density at radius 1 is 0.304 bits per heavy atom. The van der Waals surface area contributed by atoms with Crippen molar-refractivity contribution in [1.82, 2.24) is 24.1 Å². The predicted octanol–water partition coefficient (Wildman–Crippen LogP) is 12.7. The van der Waals surface area contributed by atoms with Gasteiger partial charge in [-0.15, -0.1) is 0 Å². The molecule has 0 bridgehead atoms. The van der Waals surface area contributed by atoms with Gasteiger partial charge in [0, 0.05) is 50.4 Å². The maximum absolute atomic E-state index is 5.14. The molecule has 0 saturated heterocycles. The van der Waals surface area contributed by atoms with Crippen molar-refractivity contribution in [3.05, 3.63) is 200 Å². The van der Waals surface area contributed by atoms with Crippen molar-refractivity contribution in [3.8, 4) is 56.7 Å². The molecule has 0 aliphatic rings. The van der Waals surface area contributed by atoms with E-state index in [-0.39, 0.29) is 0 Å². The van der Waals surface area contributed by atoms with Crippen LogP contribution in [-0.2, 0) is 0 Å². The van der Waals surface area contributed by atoms with E-state index in [0.717, 1.165) is 50.2 Å². The topological polar surface area (TPSA) is 48.5 Å². The largest absolute Gasteiger partial charge is 0.317 e. The van der Waals surface area contributed by atoms with Crippen LogP contribution in [0.25, 0.3) is 100 Å². The lowest BCUT2D eigenvalue weighted by molar-refractivity contribution is 1.07. The summed E-state index contributed by atoms with van der Waals surface area (Å²) in [5, 5.41) is 6.07. The summed E-state index contributed by atoms with van der Waals surface area (Å²) in [5.74, 6) is 1.89. The van der Waals surface area contributed by atoms with E-state index in [1.165, 1.54) is 32.4 Å². The maximum atomic E-state index is 5.14. The first-order chi connectivity index (χ1) is 27.7. The lowest BCUT2D eigenvalue weighted by atomic mass is 10.0. The van der Waals surface area contributed by atoms with Crippen molar-refractivity contribution in [3.63, 3.8) is 0 Å². The molecule has 8 aromatic carbocycles. The Balaban J connectivity index is 1.16. The third kappa shape index (κ3) is 5.37. The Kier molecular flexibility index (Phi) is 7.42. The van der Waals surface area contributed by atoms with E-state index in [2.05, 4.69) is 149 Å². The molecule has 0 saturated carbocycles. The minimum Gasteiger partial charge on any atom is -0.317 e. The van der Waals surface area contributed by atoms with E-state index in [4.69, 9.17) is 15.0 Å². The van der Waals surface area contributed by atoms with Gasteiger partial charge in [0.05, 0.1) is 16.6 Å². The molecule has 5 heteroatoms. The number of benzene rings is 8. The number of aromatic nitrogens is 5. The Morgan fingerprint density at radius 2 is 0.857 bits per heavy atom. The van der Waals surface area contributed by atoms with Gasteiger partial charge in [-0.25, -0.2) is 15.0 Å². The minimum absolute atomic E-state index is 0.619. The van der Waals surface area contributed by atoms with Gasteiger partial charge < -0.3 is 9.13 Å². The molecule has 0 N–H and O–H groups in total. The molecule has 0 fully saturated rings. The molecule has 0 amide bonds. The molecule has 56 heavy (non-hydrogen) atoms. The van der Waals surface area contributed by atoms with Gasteiger partial charge in [-0.3, -0.25) is 0 Å². The van der Waals surface area contributed by atoms with E-state index >= 15 is 0 Å². The van der Waals surface area contributed by atoms with Gasteiger partial charge in [0.25, 0.3) is 0 Å². The highest BCUT2D eigenvalue weighted by atomic mass is 15.0. The highest BCUT2D eigenvalue weighted by molar-refractivity contribution is 6.18. The van der Waals surface area contributed by atoms with E-state index in [1.54, 1.807) is 0 Å². The van der Waals surface area contributed by atoms with Gasteiger partial charge >= 0.3 is 0 Å². The minimum atomic E-state index is 0.619. The summed E-state index contributed by atoms with van der Waals surface area (Å²) in [5.41, 5.74) is 10.6. The Morgan fingerprint density at radius 3 is 1.54 bits per heavy atom. The monoisotopic (exact) mass is 715 g/mol. The van der Waals surface area contributed by atoms with Crippen LogP contribution < -0.4 is 0 Å². The highest BCUT2D eigenvalue weighted by Crippen LogP contribution is 2.39. The summed E-state index contributed by atoms with van der Waals surface area (Å²) in [7, 11) is 0. The van der Waals surface area contributed by atoms with Gasteiger partial charge in [0.2, 0.25) is 0 Å². The van der Waals surface area contributed by atoms with Crippen molar-refractivity contribution in [2.24, 2.45) is 0 Å². The van der Waals surface area contributed by atoms with E-state index in [1.807, 2.05) is 60.7 Å². The third-order valence-corrected chi connectivity index (χ3v) is 10.8. The van der Waals surface area contributed by atoms with Crippen LogP contribution >= 0.6 is 0 Å². The van der Waals surface area contributed by atoms with Gasteiger partial charge in [-0.05, 0) is 82.6 Å². The number of hydrogen-bond donors (Lipinski definition) is 0. The van der Waals surface area contributed by atoms with E-state index in [0.29, 0.717) is 17.5 Å². The molecule has 0 unspecified atom stereocenters. The van der Waals surface area contributed by atoms with Crippen LogP contribution in [0.3, 0.4) is 0 Å². The van der Waals surface area contributed by atoms with Crippen LogP contribution in [0, 0.1) is 0 Å². The third-order valence-electron chi connectivity index (χ3n) is 10.8. The quantitative estimate of drug-likeness (QED) is 0.172. The molecular formula is C51H33N5. The zero-order valence-electron chi connectivity index (χ0n) is 30.3. The SMILES string of the molecule is c1ccc(-c2cc(-c3nc(-c4ccccc4)nc(-c4ccccc4)n3)cc(-n3c4ccccc4c4cc5c(ccc6c5ccn6-c5ccccc5)cc43)c2)cc1. The van der Waals surface area contributed by atoms with Crippen molar-refractivity contribution < 1.29 is 0 Å². The zero-order valence-corrected chi connectivity index (χ0v) is 30.3. The molecule has 11 rings (SSSR count). The second-order valence-corrected chi connectivity index (χ2v) is 14.1. The summed E-state index contributed by atoms with van der Waals surface area (Å²) in [6.07, 6.45) is 2.18. The van der Waals surface area contributed by atoms with Crippen LogP contribution in [-0.4, -0.2) is 24.1 Å². The number of nitrogens with zero attached hydrogens (tertiary/aromatic N) is 5. The second kappa shape index (κ2) is 13.0. The summed E-state index contributed by atoms with van der Waals surface area (Å²) in [6.45, 7) is 0. The highest BCUT2D eigenvalue weighted by Gasteiger charge is 2.19. The van der Waals surface area contributed by atoms with Crippen LogP contribution in [0.2, 0.25) is 0 Å². The van der Waals surface area contributed by atoms with E-state index < -0.39 is 0 Å². The molecule has 262 valence electrons. The smallest absolute Gasteiger partial charge is 0.164 e. The van der Waals surface area contributed by atoms with Crippen LogP contribution in [0.5, 0.6) is 0 Å². The fourth-order valence-electron chi connectivity index (χ4n) is 8.11. The van der Waals surface area contributed by atoms with Gasteiger partial charge in [-0.1, -0.05) is 133 Å². The fourth-order valence-corrected chi connectivity index (χ4v) is 8.11. The van der Waals surface area contributed by atoms with Crippen molar-refractivity contribution >= 4 is 43.5 Å². The normalized spacial score (nSPS) is 11.6. The number of fused-ring (bicyclic) bond motifs is 6. The molecular weight excluding hydrogens is 683 g/mol. The van der Waals surface area contributed by atoms with Gasteiger partial charge in [-0.2, -0.15) is 0 Å². The molecule has 3 aromatic heterocycles. The van der Waals surface area contributed by atoms with Crippen molar-refractivity contribution in [1.29, 1.82) is 0 Å².